The Kier molecular flexibility index (Phi) is 3.84. The number of halogens is 1. The van der Waals surface area contributed by atoms with Crippen molar-refractivity contribution in [1.82, 2.24) is 24.9 Å². The Balaban J connectivity index is 1.84. The molecule has 1 aliphatic carbocycles. The average Bonchev–Trinajstić information content (AvgIpc) is 3.03. The van der Waals surface area contributed by atoms with E-state index in [1.54, 1.807) is 10.9 Å². The van der Waals surface area contributed by atoms with Crippen LogP contribution < -0.4 is 5.32 Å². The molecule has 7 heteroatoms. The van der Waals surface area contributed by atoms with Gasteiger partial charge in [0.2, 0.25) is 0 Å². The molecule has 21 heavy (non-hydrogen) atoms. The summed E-state index contributed by atoms with van der Waals surface area (Å²) in [5, 5.41) is 11.6. The van der Waals surface area contributed by atoms with Gasteiger partial charge in [-0.05, 0) is 42.1 Å². The number of aromatic nitrogens is 4. The summed E-state index contributed by atoms with van der Waals surface area (Å²) in [5.41, 5.74) is 2.93. The van der Waals surface area contributed by atoms with Gasteiger partial charge in [-0.3, -0.25) is 14.2 Å². The van der Waals surface area contributed by atoms with Crippen molar-refractivity contribution in [2.24, 2.45) is 7.05 Å². The summed E-state index contributed by atoms with van der Waals surface area (Å²) in [6.07, 6.45) is 6.56. The van der Waals surface area contributed by atoms with E-state index in [0.29, 0.717) is 12.2 Å². The molecular formula is C14H18BrN5O. The van der Waals surface area contributed by atoms with Gasteiger partial charge < -0.3 is 5.32 Å². The SMILES string of the molecule is CCn1ncc(Br)c1C(=O)N[C@@H]1CCCc2c1cnn2C. The third kappa shape index (κ3) is 2.50. The van der Waals surface area contributed by atoms with Gasteiger partial charge in [0.25, 0.3) is 5.91 Å². The number of hydrogen-bond donors (Lipinski definition) is 1. The molecule has 0 fully saturated rings. The summed E-state index contributed by atoms with van der Waals surface area (Å²) >= 11 is 3.40. The molecule has 3 rings (SSSR count). The quantitative estimate of drug-likeness (QED) is 0.921. The van der Waals surface area contributed by atoms with E-state index >= 15 is 0 Å². The third-order valence-corrected chi connectivity index (χ3v) is 4.57. The molecule has 0 unspecified atom stereocenters. The molecule has 1 amide bonds. The van der Waals surface area contributed by atoms with Gasteiger partial charge >= 0.3 is 0 Å². The largest absolute Gasteiger partial charge is 0.344 e. The van der Waals surface area contributed by atoms with Crippen LogP contribution in [-0.2, 0) is 20.0 Å². The molecule has 0 saturated heterocycles. The summed E-state index contributed by atoms with van der Waals surface area (Å²) in [7, 11) is 1.95. The number of nitrogens with one attached hydrogen (secondary N) is 1. The minimum atomic E-state index is -0.0945. The first kappa shape index (κ1) is 14.3. The van der Waals surface area contributed by atoms with Crippen LogP contribution in [0.2, 0.25) is 0 Å². The third-order valence-electron chi connectivity index (χ3n) is 3.99. The zero-order valence-corrected chi connectivity index (χ0v) is 13.7. The van der Waals surface area contributed by atoms with Gasteiger partial charge in [0, 0.05) is 24.8 Å². The van der Waals surface area contributed by atoms with Crippen molar-refractivity contribution in [3.63, 3.8) is 0 Å². The number of amides is 1. The predicted octanol–water partition coefficient (Wildman–Crippen LogP) is 2.21. The van der Waals surface area contributed by atoms with Crippen molar-refractivity contribution in [3.05, 3.63) is 33.8 Å². The lowest BCUT2D eigenvalue weighted by molar-refractivity contribution is 0.0921. The minimum absolute atomic E-state index is 0.0297. The first-order valence-electron chi connectivity index (χ1n) is 7.14. The van der Waals surface area contributed by atoms with Gasteiger partial charge in [-0.1, -0.05) is 0 Å². The lowest BCUT2D eigenvalue weighted by atomic mass is 9.93. The van der Waals surface area contributed by atoms with Gasteiger partial charge in [-0.15, -0.1) is 0 Å². The molecule has 112 valence electrons. The second-order valence-corrected chi connectivity index (χ2v) is 6.10. The molecule has 1 N–H and O–H groups in total. The maximum atomic E-state index is 12.6. The highest BCUT2D eigenvalue weighted by Crippen LogP contribution is 2.29. The van der Waals surface area contributed by atoms with Crippen molar-refractivity contribution in [3.8, 4) is 0 Å². The minimum Gasteiger partial charge on any atom is -0.344 e. The van der Waals surface area contributed by atoms with E-state index in [1.807, 2.05) is 24.9 Å². The highest BCUT2D eigenvalue weighted by atomic mass is 79.9. The number of aryl methyl sites for hydroxylation is 2. The summed E-state index contributed by atoms with van der Waals surface area (Å²) in [6, 6.07) is 0.0297. The predicted molar refractivity (Wildman–Crippen MR) is 82.0 cm³/mol. The molecule has 0 aromatic carbocycles. The summed E-state index contributed by atoms with van der Waals surface area (Å²) in [4.78, 5) is 12.6. The summed E-state index contributed by atoms with van der Waals surface area (Å²) in [6.45, 7) is 2.63. The number of nitrogens with zero attached hydrogens (tertiary/aromatic N) is 4. The van der Waals surface area contributed by atoms with E-state index in [9.17, 15) is 4.79 Å². The number of carbonyl (C=O) groups excluding carboxylic acids is 1. The Bertz CT molecular complexity index is 675. The van der Waals surface area contributed by atoms with E-state index in [-0.39, 0.29) is 11.9 Å². The zero-order chi connectivity index (χ0) is 15.0. The smallest absolute Gasteiger partial charge is 0.271 e. The van der Waals surface area contributed by atoms with Crippen LogP contribution in [0, 0.1) is 0 Å². The second kappa shape index (κ2) is 5.63. The number of hydrogen-bond acceptors (Lipinski definition) is 3. The standard InChI is InChI=1S/C14H18BrN5O/c1-3-20-13(10(15)8-17-20)14(21)18-11-5-4-6-12-9(11)7-16-19(12)2/h7-8,11H,3-6H2,1-2H3,(H,18,21)/t11-/m1/s1. The van der Waals surface area contributed by atoms with Gasteiger partial charge in [0.1, 0.15) is 5.69 Å². The molecule has 0 radical (unpaired) electrons. The molecule has 0 bridgehead atoms. The van der Waals surface area contributed by atoms with Crippen molar-refractivity contribution in [2.45, 2.75) is 38.8 Å². The first-order valence-corrected chi connectivity index (χ1v) is 7.94. The van der Waals surface area contributed by atoms with E-state index in [0.717, 1.165) is 29.3 Å². The lowest BCUT2D eigenvalue weighted by Crippen LogP contribution is -2.32. The van der Waals surface area contributed by atoms with E-state index in [4.69, 9.17) is 0 Å². The highest BCUT2D eigenvalue weighted by molar-refractivity contribution is 9.10. The van der Waals surface area contributed by atoms with Crippen LogP contribution in [0.25, 0.3) is 0 Å². The fourth-order valence-electron chi connectivity index (χ4n) is 2.91. The topological polar surface area (TPSA) is 64.7 Å². The van der Waals surface area contributed by atoms with Crippen LogP contribution in [-0.4, -0.2) is 25.5 Å². The van der Waals surface area contributed by atoms with Crippen LogP contribution in [0.5, 0.6) is 0 Å². The Hall–Kier alpha value is -1.63. The molecule has 0 aliphatic heterocycles. The fourth-order valence-corrected chi connectivity index (χ4v) is 3.39. The van der Waals surface area contributed by atoms with Crippen LogP contribution in [0.3, 0.4) is 0 Å². The summed E-state index contributed by atoms with van der Waals surface area (Å²) in [5.74, 6) is -0.0945. The highest BCUT2D eigenvalue weighted by Gasteiger charge is 2.26. The zero-order valence-electron chi connectivity index (χ0n) is 12.1. The molecule has 2 aromatic heterocycles. The van der Waals surface area contributed by atoms with Crippen LogP contribution >= 0.6 is 15.9 Å². The normalized spacial score (nSPS) is 17.6. The molecule has 1 atom stereocenters. The fraction of sp³-hybridized carbons (Fsp3) is 0.500. The number of rotatable bonds is 3. The van der Waals surface area contributed by atoms with E-state index in [2.05, 4.69) is 31.4 Å². The molecule has 0 saturated carbocycles. The maximum Gasteiger partial charge on any atom is 0.271 e. The van der Waals surface area contributed by atoms with Crippen LogP contribution in [0.1, 0.15) is 47.6 Å². The van der Waals surface area contributed by atoms with Crippen LogP contribution in [0.15, 0.2) is 16.9 Å². The van der Waals surface area contributed by atoms with Gasteiger partial charge in [-0.25, -0.2) is 0 Å². The Morgan fingerprint density at radius 3 is 3.05 bits per heavy atom. The number of carbonyl (C=O) groups is 1. The summed E-state index contributed by atoms with van der Waals surface area (Å²) < 4.78 is 4.33. The van der Waals surface area contributed by atoms with Gasteiger partial charge in [-0.2, -0.15) is 10.2 Å². The van der Waals surface area contributed by atoms with Gasteiger partial charge in [0.15, 0.2) is 0 Å². The van der Waals surface area contributed by atoms with Crippen molar-refractivity contribution in [1.29, 1.82) is 0 Å². The molecule has 6 nitrogen and oxygen atoms in total. The molecule has 0 spiro atoms. The number of fused-ring (bicyclic) bond motifs is 1. The Labute approximate surface area is 131 Å². The van der Waals surface area contributed by atoms with E-state index in [1.165, 1.54) is 5.69 Å². The Morgan fingerprint density at radius 2 is 2.29 bits per heavy atom. The second-order valence-electron chi connectivity index (χ2n) is 5.25. The molecule has 2 aromatic rings. The molecule has 1 aliphatic rings. The first-order chi connectivity index (χ1) is 10.1. The molecular weight excluding hydrogens is 334 g/mol. The molecule has 2 heterocycles. The maximum absolute atomic E-state index is 12.6. The monoisotopic (exact) mass is 351 g/mol. The average molecular weight is 352 g/mol. The lowest BCUT2D eigenvalue weighted by Gasteiger charge is -2.24. The Morgan fingerprint density at radius 1 is 1.48 bits per heavy atom. The van der Waals surface area contributed by atoms with Crippen molar-refractivity contribution >= 4 is 21.8 Å². The van der Waals surface area contributed by atoms with Crippen LogP contribution in [0.4, 0.5) is 0 Å². The van der Waals surface area contributed by atoms with Crippen molar-refractivity contribution in [2.75, 3.05) is 0 Å². The van der Waals surface area contributed by atoms with Crippen molar-refractivity contribution < 1.29 is 4.79 Å². The van der Waals surface area contributed by atoms with Gasteiger partial charge in [0.05, 0.1) is 22.9 Å². The van der Waals surface area contributed by atoms with E-state index < -0.39 is 0 Å².